The summed E-state index contributed by atoms with van der Waals surface area (Å²) in [5.41, 5.74) is 0. The molecule has 0 aromatic rings. The molecule has 0 aromatic carbocycles. The van der Waals surface area contributed by atoms with Gasteiger partial charge in [-0.15, -0.1) is 0 Å². The molecule has 0 aliphatic heterocycles. The van der Waals surface area contributed by atoms with Crippen LogP contribution in [0.1, 0.15) is 12.8 Å². The standard InChI is InChI=1S/C8H17NO3/c1-9(2)5-4-7(12-3)6-8(10)11/h7H,4-6H2,1-3H3,(H,10,11). The number of carboxylic acids is 1. The van der Waals surface area contributed by atoms with Crippen LogP contribution in [0.4, 0.5) is 0 Å². The second-order valence-electron chi connectivity index (χ2n) is 3.05. The van der Waals surface area contributed by atoms with E-state index in [0.717, 1.165) is 13.0 Å². The molecule has 72 valence electrons. The van der Waals surface area contributed by atoms with Crippen molar-refractivity contribution in [2.45, 2.75) is 18.9 Å². The minimum atomic E-state index is -0.805. The van der Waals surface area contributed by atoms with Crippen molar-refractivity contribution in [1.82, 2.24) is 4.90 Å². The molecule has 0 saturated carbocycles. The van der Waals surface area contributed by atoms with E-state index >= 15 is 0 Å². The summed E-state index contributed by atoms with van der Waals surface area (Å²) >= 11 is 0. The number of carbonyl (C=O) groups is 1. The summed E-state index contributed by atoms with van der Waals surface area (Å²) in [6.07, 6.45) is 0.685. The largest absolute Gasteiger partial charge is 0.481 e. The number of hydrogen-bond donors (Lipinski definition) is 1. The molecule has 0 radical (unpaired) electrons. The van der Waals surface area contributed by atoms with E-state index in [1.165, 1.54) is 0 Å². The van der Waals surface area contributed by atoms with Crippen LogP contribution in [0.25, 0.3) is 0 Å². The molecule has 4 nitrogen and oxygen atoms in total. The summed E-state index contributed by atoms with van der Waals surface area (Å²) in [6, 6.07) is 0. The molecule has 0 aliphatic carbocycles. The molecule has 0 spiro atoms. The third kappa shape index (κ3) is 6.12. The second-order valence-corrected chi connectivity index (χ2v) is 3.05. The molecule has 0 amide bonds. The first-order chi connectivity index (χ1) is 5.56. The predicted molar refractivity (Wildman–Crippen MR) is 46.2 cm³/mol. The monoisotopic (exact) mass is 175 g/mol. The van der Waals surface area contributed by atoms with Crippen molar-refractivity contribution in [2.24, 2.45) is 0 Å². The summed E-state index contributed by atoms with van der Waals surface area (Å²) in [6.45, 7) is 0.853. The maximum atomic E-state index is 10.3. The number of methoxy groups -OCH3 is 1. The van der Waals surface area contributed by atoms with E-state index in [1.807, 2.05) is 19.0 Å². The lowest BCUT2D eigenvalue weighted by Crippen LogP contribution is -2.23. The van der Waals surface area contributed by atoms with Crippen molar-refractivity contribution in [2.75, 3.05) is 27.7 Å². The minimum absolute atomic E-state index is 0.0876. The number of ether oxygens (including phenoxy) is 1. The van der Waals surface area contributed by atoms with Crippen LogP contribution < -0.4 is 0 Å². The Kier molecular flexibility index (Phi) is 5.66. The molecule has 0 rings (SSSR count). The molecule has 0 aromatic heterocycles. The first kappa shape index (κ1) is 11.4. The predicted octanol–water partition coefficient (Wildman–Crippen LogP) is 0.428. The maximum absolute atomic E-state index is 10.3. The van der Waals surface area contributed by atoms with Gasteiger partial charge in [0.25, 0.3) is 0 Å². The fourth-order valence-electron chi connectivity index (χ4n) is 0.900. The van der Waals surface area contributed by atoms with Gasteiger partial charge in [-0.25, -0.2) is 0 Å². The number of nitrogens with zero attached hydrogens (tertiary/aromatic N) is 1. The average Bonchev–Trinajstić information content (AvgIpc) is 1.97. The van der Waals surface area contributed by atoms with Crippen LogP contribution in [0.3, 0.4) is 0 Å². The van der Waals surface area contributed by atoms with Crippen molar-refractivity contribution in [1.29, 1.82) is 0 Å². The van der Waals surface area contributed by atoms with Gasteiger partial charge in [-0.3, -0.25) is 4.79 Å². The Morgan fingerprint density at radius 3 is 2.50 bits per heavy atom. The minimum Gasteiger partial charge on any atom is -0.481 e. The van der Waals surface area contributed by atoms with Crippen LogP contribution in [0, 0.1) is 0 Å². The Balaban J connectivity index is 3.60. The van der Waals surface area contributed by atoms with Crippen LogP contribution in [0.5, 0.6) is 0 Å². The van der Waals surface area contributed by atoms with Crippen molar-refractivity contribution < 1.29 is 14.6 Å². The van der Waals surface area contributed by atoms with Gasteiger partial charge in [-0.05, 0) is 20.5 Å². The van der Waals surface area contributed by atoms with Gasteiger partial charge in [0, 0.05) is 13.7 Å². The molecule has 0 aliphatic rings. The number of rotatable bonds is 6. The third-order valence-electron chi connectivity index (χ3n) is 1.63. The molecule has 12 heavy (non-hydrogen) atoms. The van der Waals surface area contributed by atoms with E-state index < -0.39 is 5.97 Å². The van der Waals surface area contributed by atoms with Crippen LogP contribution >= 0.6 is 0 Å². The fraction of sp³-hybridized carbons (Fsp3) is 0.875. The highest BCUT2D eigenvalue weighted by Crippen LogP contribution is 2.02. The Labute approximate surface area is 73.1 Å². The van der Waals surface area contributed by atoms with Crippen molar-refractivity contribution in [3.63, 3.8) is 0 Å². The van der Waals surface area contributed by atoms with E-state index in [2.05, 4.69) is 0 Å². The van der Waals surface area contributed by atoms with Gasteiger partial charge in [0.1, 0.15) is 0 Å². The molecule has 0 heterocycles. The molecule has 0 saturated heterocycles. The van der Waals surface area contributed by atoms with Crippen LogP contribution in [0.2, 0.25) is 0 Å². The zero-order chi connectivity index (χ0) is 9.56. The molecular weight excluding hydrogens is 158 g/mol. The quantitative estimate of drug-likeness (QED) is 0.636. The molecule has 0 bridgehead atoms. The summed E-state index contributed by atoms with van der Waals surface area (Å²) in [5.74, 6) is -0.805. The Bertz CT molecular complexity index is 136. The van der Waals surface area contributed by atoms with E-state index in [1.54, 1.807) is 7.11 Å². The summed E-state index contributed by atoms with van der Waals surface area (Å²) in [4.78, 5) is 12.3. The molecule has 4 heteroatoms. The Morgan fingerprint density at radius 2 is 2.17 bits per heavy atom. The van der Waals surface area contributed by atoms with E-state index in [4.69, 9.17) is 9.84 Å². The zero-order valence-electron chi connectivity index (χ0n) is 7.91. The summed E-state index contributed by atoms with van der Waals surface area (Å²) in [7, 11) is 5.45. The molecular formula is C8H17NO3. The smallest absolute Gasteiger partial charge is 0.305 e. The average molecular weight is 175 g/mol. The zero-order valence-corrected chi connectivity index (χ0v) is 7.91. The van der Waals surface area contributed by atoms with Crippen molar-refractivity contribution in [3.05, 3.63) is 0 Å². The summed E-state index contributed by atoms with van der Waals surface area (Å²) in [5, 5.41) is 8.49. The molecule has 1 N–H and O–H groups in total. The van der Waals surface area contributed by atoms with Crippen LogP contribution in [-0.4, -0.2) is 49.8 Å². The van der Waals surface area contributed by atoms with Gasteiger partial charge >= 0.3 is 5.97 Å². The lowest BCUT2D eigenvalue weighted by molar-refractivity contribution is -0.139. The summed E-state index contributed by atoms with van der Waals surface area (Å²) < 4.78 is 5.00. The lowest BCUT2D eigenvalue weighted by Gasteiger charge is -2.15. The van der Waals surface area contributed by atoms with Gasteiger partial charge in [0.15, 0.2) is 0 Å². The molecule has 1 unspecified atom stereocenters. The van der Waals surface area contributed by atoms with E-state index in [-0.39, 0.29) is 12.5 Å². The van der Waals surface area contributed by atoms with Gasteiger partial charge in [0.2, 0.25) is 0 Å². The first-order valence-corrected chi connectivity index (χ1v) is 3.95. The first-order valence-electron chi connectivity index (χ1n) is 3.95. The SMILES string of the molecule is COC(CCN(C)C)CC(=O)O. The van der Waals surface area contributed by atoms with E-state index in [0.29, 0.717) is 0 Å². The molecule has 1 atom stereocenters. The van der Waals surface area contributed by atoms with Gasteiger partial charge in [0.05, 0.1) is 12.5 Å². The Hall–Kier alpha value is -0.610. The van der Waals surface area contributed by atoms with Gasteiger partial charge < -0.3 is 14.7 Å². The second kappa shape index (κ2) is 5.97. The highest BCUT2D eigenvalue weighted by atomic mass is 16.5. The number of aliphatic carboxylic acids is 1. The lowest BCUT2D eigenvalue weighted by atomic mass is 10.2. The highest BCUT2D eigenvalue weighted by molar-refractivity contribution is 5.67. The van der Waals surface area contributed by atoms with Crippen LogP contribution in [-0.2, 0) is 9.53 Å². The molecule has 0 fully saturated rings. The topological polar surface area (TPSA) is 49.8 Å². The third-order valence-corrected chi connectivity index (χ3v) is 1.63. The van der Waals surface area contributed by atoms with Crippen molar-refractivity contribution in [3.8, 4) is 0 Å². The van der Waals surface area contributed by atoms with Gasteiger partial charge in [-0.2, -0.15) is 0 Å². The Morgan fingerprint density at radius 1 is 1.58 bits per heavy atom. The fourth-order valence-corrected chi connectivity index (χ4v) is 0.900. The number of hydrogen-bond acceptors (Lipinski definition) is 3. The maximum Gasteiger partial charge on any atom is 0.305 e. The van der Waals surface area contributed by atoms with Crippen molar-refractivity contribution >= 4 is 5.97 Å². The van der Waals surface area contributed by atoms with Crippen LogP contribution in [0.15, 0.2) is 0 Å². The highest BCUT2D eigenvalue weighted by Gasteiger charge is 2.11. The number of carboxylic acid groups (broad SMARTS) is 1. The normalized spacial score (nSPS) is 13.3. The van der Waals surface area contributed by atoms with Gasteiger partial charge in [-0.1, -0.05) is 0 Å². The van der Waals surface area contributed by atoms with E-state index in [9.17, 15) is 4.79 Å².